The molecule has 9 nitrogen and oxygen atoms in total. The highest BCUT2D eigenvalue weighted by Gasteiger charge is 2.23. The molecule has 0 fully saturated rings. The van der Waals surface area contributed by atoms with Crippen LogP contribution in [0.1, 0.15) is 142 Å². The number of phosphoric acid groups is 1. The van der Waals surface area contributed by atoms with Gasteiger partial charge in [0.2, 0.25) is 5.91 Å². The third kappa shape index (κ3) is 31.7. The van der Waals surface area contributed by atoms with Crippen molar-refractivity contribution in [3.8, 4) is 0 Å². The molecule has 43 heavy (non-hydrogen) atoms. The van der Waals surface area contributed by atoms with Crippen LogP contribution in [-0.4, -0.2) is 54.3 Å². The van der Waals surface area contributed by atoms with Crippen molar-refractivity contribution in [1.82, 2.24) is 5.32 Å². The van der Waals surface area contributed by atoms with Crippen molar-refractivity contribution in [3.63, 3.8) is 0 Å². The van der Waals surface area contributed by atoms with Crippen LogP contribution in [0.3, 0.4) is 0 Å². The third-order valence-corrected chi connectivity index (χ3v) is 7.85. The zero-order valence-electron chi connectivity index (χ0n) is 27.1. The lowest BCUT2D eigenvalue weighted by Gasteiger charge is -2.15. The topological polar surface area (TPSA) is 131 Å². The highest BCUT2D eigenvalue weighted by atomic mass is 31.2. The number of esters is 1. The molecule has 0 saturated carbocycles. The normalized spacial score (nSPS) is 13.9. The van der Waals surface area contributed by atoms with E-state index in [9.17, 15) is 24.2 Å². The Labute approximate surface area is 261 Å². The van der Waals surface area contributed by atoms with Crippen LogP contribution >= 0.6 is 7.82 Å². The van der Waals surface area contributed by atoms with Gasteiger partial charge < -0.3 is 20.1 Å². The lowest BCUT2D eigenvalue weighted by molar-refractivity contribution is -0.147. The van der Waals surface area contributed by atoms with E-state index >= 15 is 0 Å². The number of carbonyl (C=O) groups is 2. The van der Waals surface area contributed by atoms with Gasteiger partial charge in [-0.3, -0.25) is 18.6 Å². The number of ether oxygens (including phenoxy) is 1. The summed E-state index contributed by atoms with van der Waals surface area (Å²) < 4.78 is 26.6. The molecule has 0 aliphatic carbocycles. The summed E-state index contributed by atoms with van der Waals surface area (Å²) in [6.45, 7) is 3.42. The highest BCUT2D eigenvalue weighted by Crippen LogP contribution is 2.42. The van der Waals surface area contributed by atoms with E-state index in [4.69, 9.17) is 13.8 Å². The van der Waals surface area contributed by atoms with Crippen molar-refractivity contribution in [2.75, 3.05) is 26.4 Å². The molecule has 0 aromatic rings. The maximum Gasteiger partial charge on any atom is 0.472 e. The quantitative estimate of drug-likeness (QED) is 0.0303. The van der Waals surface area contributed by atoms with Gasteiger partial charge in [0.25, 0.3) is 0 Å². The first-order valence-electron chi connectivity index (χ1n) is 16.8. The van der Waals surface area contributed by atoms with Crippen molar-refractivity contribution < 1.29 is 37.9 Å². The van der Waals surface area contributed by atoms with Crippen LogP contribution in [0.25, 0.3) is 0 Å². The minimum atomic E-state index is -4.40. The molecule has 2 atom stereocenters. The molecule has 0 bridgehead atoms. The predicted octanol–water partition coefficient (Wildman–Crippen LogP) is 8.09. The van der Waals surface area contributed by atoms with Gasteiger partial charge in [0.1, 0.15) is 12.7 Å². The summed E-state index contributed by atoms with van der Waals surface area (Å²) in [4.78, 5) is 33.5. The summed E-state index contributed by atoms with van der Waals surface area (Å²) in [5.74, 6) is -0.536. The van der Waals surface area contributed by atoms with Gasteiger partial charge in [-0.25, -0.2) is 4.57 Å². The molecule has 1 amide bonds. The van der Waals surface area contributed by atoms with Gasteiger partial charge in [-0.1, -0.05) is 115 Å². The van der Waals surface area contributed by atoms with E-state index in [1.165, 1.54) is 44.9 Å². The molecule has 252 valence electrons. The van der Waals surface area contributed by atoms with Crippen molar-refractivity contribution in [2.24, 2.45) is 0 Å². The van der Waals surface area contributed by atoms with Crippen LogP contribution in [0.4, 0.5) is 0 Å². The molecule has 0 aromatic heterocycles. The van der Waals surface area contributed by atoms with Gasteiger partial charge in [0.05, 0.1) is 13.2 Å². The first-order chi connectivity index (χ1) is 20.8. The number of hydrogen-bond acceptors (Lipinski definition) is 7. The van der Waals surface area contributed by atoms with Crippen molar-refractivity contribution in [1.29, 1.82) is 0 Å². The monoisotopic (exact) mass is 631 g/mol. The summed E-state index contributed by atoms with van der Waals surface area (Å²) in [5.41, 5.74) is 0. The average Bonchev–Trinajstić information content (AvgIpc) is 2.98. The number of nitrogens with one attached hydrogen (secondary N) is 1. The van der Waals surface area contributed by atoms with Crippen LogP contribution in [0.5, 0.6) is 0 Å². The number of amides is 1. The average molecular weight is 632 g/mol. The standard InChI is InChI=1S/C33H62NO8P/c1-3-5-7-9-11-13-14-15-16-18-20-22-24-26-33(37)40-29-31(35)30-42-43(38,39)41-28-27-34-32(36)25-23-21-19-17-12-10-8-6-4-2/h7,9,13-14,31,35H,3-6,8,10-12,15-30H2,1-2H3,(H,34,36)(H,38,39)/b9-7-,14-13-. The van der Waals surface area contributed by atoms with E-state index in [0.29, 0.717) is 6.42 Å². The molecule has 0 aliphatic rings. The zero-order valence-corrected chi connectivity index (χ0v) is 28.0. The second-order valence-electron chi connectivity index (χ2n) is 11.1. The third-order valence-electron chi connectivity index (χ3n) is 6.87. The SMILES string of the molecule is CCC/C=C\C/C=C\CCCCCCCC(=O)OCC(O)COP(=O)(O)OCCNC(=O)CCCCCCCCCCC. The summed E-state index contributed by atoms with van der Waals surface area (Å²) in [6.07, 6.45) is 28.3. The lowest BCUT2D eigenvalue weighted by atomic mass is 10.1. The summed E-state index contributed by atoms with van der Waals surface area (Å²) >= 11 is 0. The Morgan fingerprint density at radius 3 is 1.95 bits per heavy atom. The summed E-state index contributed by atoms with van der Waals surface area (Å²) in [5, 5.41) is 12.6. The second kappa shape index (κ2) is 30.5. The Bertz CT molecular complexity index is 774. The predicted molar refractivity (Wildman–Crippen MR) is 174 cm³/mol. The van der Waals surface area contributed by atoms with Crippen LogP contribution in [0, 0.1) is 0 Å². The van der Waals surface area contributed by atoms with Crippen LogP contribution in [0.15, 0.2) is 24.3 Å². The summed E-state index contributed by atoms with van der Waals surface area (Å²) in [7, 11) is -4.40. The number of phosphoric ester groups is 1. The smallest absolute Gasteiger partial charge is 0.463 e. The molecule has 2 unspecified atom stereocenters. The fourth-order valence-corrected chi connectivity index (χ4v) is 5.06. The van der Waals surface area contributed by atoms with E-state index in [1.807, 2.05) is 0 Å². The van der Waals surface area contributed by atoms with Gasteiger partial charge in [-0.05, 0) is 38.5 Å². The number of unbranched alkanes of at least 4 members (excludes halogenated alkanes) is 14. The van der Waals surface area contributed by atoms with Crippen LogP contribution in [0.2, 0.25) is 0 Å². The Hall–Kier alpha value is -1.51. The molecule has 0 heterocycles. The number of rotatable bonds is 31. The molecule has 0 rings (SSSR count). The summed E-state index contributed by atoms with van der Waals surface area (Å²) in [6, 6.07) is 0. The first kappa shape index (κ1) is 41.5. The molecule has 0 aromatic carbocycles. The van der Waals surface area contributed by atoms with Gasteiger partial charge in [-0.2, -0.15) is 0 Å². The van der Waals surface area contributed by atoms with E-state index in [-0.39, 0.29) is 32.1 Å². The minimum Gasteiger partial charge on any atom is -0.463 e. The Balaban J connectivity index is 3.68. The molecule has 0 spiro atoms. The second-order valence-corrected chi connectivity index (χ2v) is 12.6. The van der Waals surface area contributed by atoms with E-state index < -0.39 is 26.5 Å². The van der Waals surface area contributed by atoms with Gasteiger partial charge in [0.15, 0.2) is 0 Å². The zero-order chi connectivity index (χ0) is 31.9. The van der Waals surface area contributed by atoms with E-state index in [0.717, 1.165) is 70.6 Å². The molecule has 0 saturated heterocycles. The maximum atomic E-state index is 12.0. The van der Waals surface area contributed by atoms with Crippen LogP contribution in [-0.2, 0) is 27.9 Å². The first-order valence-corrected chi connectivity index (χ1v) is 18.3. The molecule has 0 radical (unpaired) electrons. The van der Waals surface area contributed by atoms with E-state index in [2.05, 4.69) is 43.5 Å². The minimum absolute atomic E-state index is 0.0817. The van der Waals surface area contributed by atoms with Crippen molar-refractivity contribution in [3.05, 3.63) is 24.3 Å². The molecule has 0 aliphatic heterocycles. The lowest BCUT2D eigenvalue weighted by Crippen LogP contribution is -2.27. The number of allylic oxidation sites excluding steroid dienone is 4. The molecular formula is C33H62NO8P. The Kier molecular flexibility index (Phi) is 29.4. The highest BCUT2D eigenvalue weighted by molar-refractivity contribution is 7.47. The van der Waals surface area contributed by atoms with E-state index in [1.54, 1.807) is 0 Å². The van der Waals surface area contributed by atoms with Gasteiger partial charge >= 0.3 is 13.8 Å². The Morgan fingerprint density at radius 1 is 0.721 bits per heavy atom. The van der Waals surface area contributed by atoms with Crippen molar-refractivity contribution >= 4 is 19.7 Å². The number of carbonyl (C=O) groups excluding carboxylic acids is 2. The fourth-order valence-electron chi connectivity index (χ4n) is 4.30. The number of aliphatic hydroxyl groups excluding tert-OH is 1. The van der Waals surface area contributed by atoms with Gasteiger partial charge in [0, 0.05) is 19.4 Å². The number of aliphatic hydroxyl groups is 1. The fraction of sp³-hybridized carbons (Fsp3) is 0.818. The molecule has 3 N–H and O–H groups in total. The van der Waals surface area contributed by atoms with Crippen molar-refractivity contribution in [2.45, 2.75) is 148 Å². The van der Waals surface area contributed by atoms with Gasteiger partial charge in [-0.15, -0.1) is 0 Å². The molecular weight excluding hydrogens is 569 g/mol. The Morgan fingerprint density at radius 2 is 1.30 bits per heavy atom. The maximum absolute atomic E-state index is 12.0. The number of hydrogen-bond donors (Lipinski definition) is 3. The largest absolute Gasteiger partial charge is 0.472 e. The molecule has 10 heteroatoms. The van der Waals surface area contributed by atoms with Crippen LogP contribution < -0.4 is 5.32 Å².